The zero-order valence-electron chi connectivity index (χ0n) is 56.2. The highest BCUT2D eigenvalue weighted by Crippen LogP contribution is 2.69. The summed E-state index contributed by atoms with van der Waals surface area (Å²) in [6.45, 7) is 4.64. The molecule has 3 amide bonds. The first-order valence-electron chi connectivity index (χ1n) is 32.9. The highest BCUT2D eigenvalue weighted by molar-refractivity contribution is 7.72. The standard InChI is InChI=1S/C36H48F2N2O14P2.C32H38F2N2O8P2/c1-2-52-32(42)13-8-3-4-9-24-40-28(17-21-31(40)41)16-20-30(36(37,38)27-11-6-5-7-12-27)54-33(43)25-26-14-18-29(19-15-26)53-34(44)39-23-10-22-35(45,55(46,47)48)56(49,50)51;1-2-41-29(38)12-8-3-4-9-21-36-25(16-20-28(36)37)15-19-27(32(33,34)24-10-6-5-7-11-24)43-30(39)22-23-13-17-26(18-14-23)42-31(40)44-46-35-45/h5-7,11-12,14-16,18-20,28,30,45H,2-4,8-10,13,17,21-25H2,1H3,(H,39,44)(H2,46,47,48)(H2,49,50,51);5-7,10-11,13-15,17-19,25,27H,2-4,8-9,12,16,20-22,45H2,1H3/b20-16+;19-15+/t28-,30+;25-,27+/m00/s1. The quantitative estimate of drug-likeness (QED) is 0.00459. The van der Waals surface area contributed by atoms with Crippen LogP contribution in [0.25, 0.3) is 0 Å². The molecule has 2 aliphatic heterocycles. The van der Waals surface area contributed by atoms with Gasteiger partial charge in [0.15, 0.2) is 12.2 Å². The number of ether oxygens (including phenoxy) is 6. The van der Waals surface area contributed by atoms with E-state index in [-0.39, 0.29) is 74.4 Å². The number of rotatable bonds is 39. The molecule has 26 nitrogen and oxygen atoms in total. The topological polar surface area (TPSA) is 367 Å². The number of aliphatic hydroxyl groups is 1. The van der Waals surface area contributed by atoms with Crippen molar-refractivity contribution < 1.29 is 123 Å². The molecule has 2 fully saturated rings. The van der Waals surface area contributed by atoms with Crippen molar-refractivity contribution in [1.29, 1.82) is 0 Å². The SMILES string of the molecule is CCOC(=O)CCCCCCN1C(=O)CC[C@@H]1/C=C/[C@@H](OC(=O)Cc1ccc(OC(=O)NCCCC(O)(P(=O)(O)O)P(=O)(O)O)cc1)C(F)(F)c1ccccc1.CCOC(=O)CCCCCCN1C(=O)CC[C@@H]1/C=C/[C@@H](OC(=O)Cc1ccc(OC(=O)OP=NP)cc1)C(F)(F)c1ccccc1. The predicted octanol–water partition coefficient (Wildman–Crippen LogP) is 12.2. The van der Waals surface area contributed by atoms with Crippen molar-refractivity contribution in [2.75, 3.05) is 32.8 Å². The molecule has 5 atom stereocenters. The number of carbonyl (C=O) groups is 8. The number of unbranched alkanes of at least 4 members (excludes halogenated alkanes) is 6. The van der Waals surface area contributed by atoms with Crippen LogP contribution < -0.4 is 14.8 Å². The minimum Gasteiger partial charge on any atom is -0.466 e. The molecule has 0 saturated carbocycles. The number of halogens is 4. The van der Waals surface area contributed by atoms with Crippen LogP contribution in [0, 0.1) is 0 Å². The van der Waals surface area contributed by atoms with Crippen molar-refractivity contribution in [3.63, 3.8) is 0 Å². The van der Waals surface area contributed by atoms with Gasteiger partial charge in [-0.3, -0.25) is 37.9 Å². The number of esters is 4. The molecule has 0 radical (unpaired) electrons. The molecule has 102 heavy (non-hydrogen) atoms. The Morgan fingerprint density at radius 1 is 0.598 bits per heavy atom. The maximum Gasteiger partial charge on any atom is 0.523 e. The van der Waals surface area contributed by atoms with Gasteiger partial charge in [-0.2, -0.15) is 17.6 Å². The van der Waals surface area contributed by atoms with E-state index in [1.807, 2.05) is 9.39 Å². The normalized spacial score (nSPS) is 15.8. The van der Waals surface area contributed by atoms with Gasteiger partial charge < -0.3 is 72.7 Å². The molecule has 2 saturated heterocycles. The smallest absolute Gasteiger partial charge is 0.466 e. The average Bonchev–Trinajstić information content (AvgIpc) is 1.01. The Labute approximate surface area is 591 Å². The van der Waals surface area contributed by atoms with Crippen LogP contribution in [0.4, 0.5) is 27.2 Å². The number of benzene rings is 4. The predicted molar refractivity (Wildman–Crippen MR) is 366 cm³/mol. The molecule has 4 aromatic carbocycles. The second-order valence-corrected chi connectivity index (χ2v) is 28.7. The maximum absolute atomic E-state index is 15.9. The van der Waals surface area contributed by atoms with E-state index in [9.17, 15) is 72.2 Å². The molecule has 1 unspecified atom stereocenters. The number of nitrogens with one attached hydrogen (secondary N) is 1. The van der Waals surface area contributed by atoms with Crippen molar-refractivity contribution in [3.05, 3.63) is 156 Å². The summed E-state index contributed by atoms with van der Waals surface area (Å²) in [5, 5.41) is 8.48. The Bertz CT molecular complexity index is 3550. The van der Waals surface area contributed by atoms with Crippen molar-refractivity contribution in [2.24, 2.45) is 4.52 Å². The van der Waals surface area contributed by atoms with E-state index in [0.717, 1.165) is 31.8 Å². The van der Waals surface area contributed by atoms with Gasteiger partial charge in [0.2, 0.25) is 11.8 Å². The molecule has 6 rings (SSSR count). The fourth-order valence-corrected chi connectivity index (χ4v) is 13.2. The monoisotopic (exact) mass is 1510 g/mol. The fraction of sp³-hybridized carbons (Fsp3) is 0.471. The van der Waals surface area contributed by atoms with Crippen molar-refractivity contribution >= 4 is 81.1 Å². The van der Waals surface area contributed by atoms with Gasteiger partial charge in [-0.1, -0.05) is 123 Å². The number of likely N-dealkylation sites (tertiary alicyclic amines) is 2. The number of amides is 3. The van der Waals surface area contributed by atoms with E-state index in [1.54, 1.807) is 35.8 Å². The van der Waals surface area contributed by atoms with Gasteiger partial charge in [0.25, 0.3) is 13.7 Å². The Kier molecular flexibility index (Phi) is 35.0. The van der Waals surface area contributed by atoms with E-state index in [0.29, 0.717) is 95.2 Å². The van der Waals surface area contributed by atoms with Crippen molar-refractivity contribution in [3.8, 4) is 11.5 Å². The Morgan fingerprint density at radius 2 is 1.00 bits per heavy atom. The minimum absolute atomic E-state index is 0.0229. The number of nitrogens with zero attached hydrogens (tertiary/aromatic N) is 3. The van der Waals surface area contributed by atoms with Crippen LogP contribution in [0.2, 0.25) is 0 Å². The van der Waals surface area contributed by atoms with Crippen LogP contribution in [-0.4, -0.2) is 145 Å². The molecule has 4 aromatic rings. The summed E-state index contributed by atoms with van der Waals surface area (Å²) in [6, 6.07) is 24.2. The molecule has 2 heterocycles. The molecule has 0 spiro atoms. The molecule has 6 N–H and O–H groups in total. The first kappa shape index (κ1) is 84.9. The molecular weight excluding hydrogens is 1420 g/mol. The largest absolute Gasteiger partial charge is 0.523 e. The van der Waals surface area contributed by atoms with Gasteiger partial charge in [-0.05, 0) is 116 Å². The first-order valence-corrected chi connectivity index (χ1v) is 37.4. The van der Waals surface area contributed by atoms with Gasteiger partial charge in [-0.25, -0.2) is 14.1 Å². The lowest BCUT2D eigenvalue weighted by atomic mass is 10.0. The third-order valence-corrected chi connectivity index (χ3v) is 20.5. The molecule has 34 heteroatoms. The summed E-state index contributed by atoms with van der Waals surface area (Å²) in [5.41, 5.74) is 0.0624. The van der Waals surface area contributed by atoms with E-state index < -0.39 is 99.9 Å². The highest BCUT2D eigenvalue weighted by atomic mass is 31.2. The van der Waals surface area contributed by atoms with Crippen LogP contribution in [0.1, 0.15) is 139 Å². The Balaban J connectivity index is 0.000000374. The second-order valence-electron chi connectivity index (χ2n) is 23.5. The molecule has 2 aliphatic rings. The lowest BCUT2D eigenvalue weighted by Crippen LogP contribution is -2.36. The second kappa shape index (κ2) is 42.1. The summed E-state index contributed by atoms with van der Waals surface area (Å²) in [5.74, 6) is -9.61. The molecule has 0 bridgehead atoms. The third kappa shape index (κ3) is 27.8. The summed E-state index contributed by atoms with van der Waals surface area (Å²) in [6.07, 6.45) is 4.95. The minimum atomic E-state index is -5.64. The van der Waals surface area contributed by atoms with E-state index >= 15 is 17.6 Å². The zero-order chi connectivity index (χ0) is 74.9. The fourth-order valence-electron chi connectivity index (χ4n) is 10.7. The summed E-state index contributed by atoms with van der Waals surface area (Å²) in [4.78, 5) is 138. The average molecular weight is 1510 g/mol. The molecular formula is C68H86F4N4O22P4. The third-order valence-electron chi connectivity index (χ3n) is 16.0. The van der Waals surface area contributed by atoms with Crippen molar-refractivity contribution in [2.45, 2.75) is 171 Å². The molecule has 558 valence electrons. The summed E-state index contributed by atoms with van der Waals surface area (Å²) < 4.78 is 125. The van der Waals surface area contributed by atoms with Gasteiger partial charge in [0.05, 0.1) is 38.1 Å². The summed E-state index contributed by atoms with van der Waals surface area (Å²) in [7, 11) is -9.20. The van der Waals surface area contributed by atoms with Crippen molar-refractivity contribution in [1.82, 2.24) is 15.1 Å². The van der Waals surface area contributed by atoms with Gasteiger partial charge in [0, 0.05) is 62.9 Å². The highest BCUT2D eigenvalue weighted by Gasteiger charge is 2.58. The number of alkyl halides is 4. The van der Waals surface area contributed by atoms with Crippen LogP contribution in [0.15, 0.2) is 138 Å². The van der Waals surface area contributed by atoms with Crippen LogP contribution in [-0.2, 0) is 86.1 Å². The van der Waals surface area contributed by atoms with Crippen LogP contribution >= 0.6 is 33.2 Å². The zero-order valence-corrected chi connectivity index (χ0v) is 60.1. The van der Waals surface area contributed by atoms with Crippen LogP contribution in [0.5, 0.6) is 11.5 Å². The van der Waals surface area contributed by atoms with E-state index in [2.05, 4.69) is 14.4 Å². The lowest BCUT2D eigenvalue weighted by molar-refractivity contribution is -0.167. The Hall–Kier alpha value is -7.77. The lowest BCUT2D eigenvalue weighted by Gasteiger charge is -2.29. The van der Waals surface area contributed by atoms with E-state index in [4.69, 9.17) is 28.4 Å². The number of carbonyl (C=O) groups excluding carboxylic acids is 8. The maximum atomic E-state index is 15.9. The first-order chi connectivity index (χ1) is 48.4. The summed E-state index contributed by atoms with van der Waals surface area (Å²) >= 11 is 0. The van der Waals surface area contributed by atoms with E-state index in [1.165, 1.54) is 115 Å². The molecule has 0 aromatic heterocycles. The number of hydrogen-bond donors (Lipinski definition) is 6. The van der Waals surface area contributed by atoms with Gasteiger partial charge >= 0.3 is 63.2 Å². The van der Waals surface area contributed by atoms with Gasteiger partial charge in [0.1, 0.15) is 11.5 Å². The number of hydrogen-bond acceptors (Lipinski definition) is 19. The molecule has 0 aliphatic carbocycles. The van der Waals surface area contributed by atoms with Crippen LogP contribution in [0.3, 0.4) is 0 Å². The Morgan fingerprint density at radius 3 is 1.39 bits per heavy atom. The van der Waals surface area contributed by atoms with Gasteiger partial charge in [-0.15, -0.1) is 0 Å².